The van der Waals surface area contributed by atoms with E-state index in [1.54, 1.807) is 0 Å². The molecule has 6 heteroatoms. The summed E-state index contributed by atoms with van der Waals surface area (Å²) in [4.78, 5) is 10.2. The predicted molar refractivity (Wildman–Crippen MR) is 122 cm³/mol. The van der Waals surface area contributed by atoms with Crippen LogP contribution in [0.25, 0.3) is 10.9 Å². The maximum atomic E-state index is 4.32. The number of likely N-dealkylation sites (tertiary alicyclic amines) is 1. The van der Waals surface area contributed by atoms with E-state index >= 15 is 0 Å². The van der Waals surface area contributed by atoms with Crippen molar-refractivity contribution < 1.29 is 0 Å². The van der Waals surface area contributed by atoms with Crippen molar-refractivity contribution in [2.75, 3.05) is 39.8 Å². The van der Waals surface area contributed by atoms with Crippen LogP contribution >= 0.6 is 24.0 Å². The summed E-state index contributed by atoms with van der Waals surface area (Å²) in [6.45, 7) is 5.50. The first-order chi connectivity index (χ1) is 12.4. The van der Waals surface area contributed by atoms with Crippen LogP contribution in [0.5, 0.6) is 0 Å². The standard InChI is InChI=1S/C20H31N5.HI/c1-21-20(23-12-15-25-13-5-2-6-14-25)22-11-7-8-17-16-24-19-10-4-3-9-18(17)19;/h3-4,9-10,16,24H,2,5-8,11-15H2,1H3,(H2,21,22,23);1H. The number of hydrogen-bond donors (Lipinski definition) is 3. The zero-order valence-corrected chi connectivity index (χ0v) is 18.1. The minimum Gasteiger partial charge on any atom is -0.361 e. The molecule has 26 heavy (non-hydrogen) atoms. The Kier molecular flexibility index (Phi) is 9.25. The van der Waals surface area contributed by atoms with Crippen LogP contribution in [-0.2, 0) is 6.42 Å². The molecule has 2 heterocycles. The molecular weight excluding hydrogens is 437 g/mol. The Morgan fingerprint density at radius 3 is 2.69 bits per heavy atom. The van der Waals surface area contributed by atoms with Crippen molar-refractivity contribution in [3.05, 3.63) is 36.0 Å². The van der Waals surface area contributed by atoms with Gasteiger partial charge in [-0.25, -0.2) is 0 Å². The lowest BCUT2D eigenvalue weighted by atomic mass is 10.1. The number of aliphatic imine (C=N–C) groups is 1. The lowest BCUT2D eigenvalue weighted by molar-refractivity contribution is 0.232. The molecule has 3 N–H and O–H groups in total. The molecular formula is C20H32IN5. The second-order valence-corrected chi connectivity index (χ2v) is 6.79. The monoisotopic (exact) mass is 469 g/mol. The molecule has 144 valence electrons. The van der Waals surface area contributed by atoms with Crippen molar-refractivity contribution in [1.82, 2.24) is 20.5 Å². The quantitative estimate of drug-likeness (QED) is 0.252. The molecule has 0 atom stereocenters. The first-order valence-corrected chi connectivity index (χ1v) is 9.58. The Labute approximate surface area is 174 Å². The maximum Gasteiger partial charge on any atom is 0.191 e. The molecule has 1 aliphatic rings. The molecule has 2 aromatic rings. The fourth-order valence-electron chi connectivity index (χ4n) is 3.56. The number of aryl methyl sites for hydroxylation is 1. The van der Waals surface area contributed by atoms with Gasteiger partial charge in [-0.1, -0.05) is 24.6 Å². The van der Waals surface area contributed by atoms with Gasteiger partial charge >= 0.3 is 0 Å². The fraction of sp³-hybridized carbons (Fsp3) is 0.550. The normalized spacial score (nSPS) is 15.7. The third kappa shape index (κ3) is 6.16. The number of nitrogens with zero attached hydrogens (tertiary/aromatic N) is 2. The number of aromatic nitrogens is 1. The molecule has 0 saturated carbocycles. The molecule has 1 aliphatic heterocycles. The highest BCUT2D eigenvalue weighted by molar-refractivity contribution is 14.0. The molecule has 0 aliphatic carbocycles. The van der Waals surface area contributed by atoms with Crippen molar-refractivity contribution in [2.24, 2.45) is 4.99 Å². The number of benzene rings is 1. The van der Waals surface area contributed by atoms with E-state index in [9.17, 15) is 0 Å². The molecule has 0 amide bonds. The van der Waals surface area contributed by atoms with E-state index in [-0.39, 0.29) is 24.0 Å². The third-order valence-corrected chi connectivity index (χ3v) is 4.98. The average Bonchev–Trinajstić information content (AvgIpc) is 3.08. The third-order valence-electron chi connectivity index (χ3n) is 4.98. The topological polar surface area (TPSA) is 55.5 Å². The van der Waals surface area contributed by atoms with Crippen LogP contribution in [-0.4, -0.2) is 55.6 Å². The van der Waals surface area contributed by atoms with Gasteiger partial charge in [-0.3, -0.25) is 4.99 Å². The second kappa shape index (κ2) is 11.4. The van der Waals surface area contributed by atoms with Crippen LogP contribution in [0.4, 0.5) is 0 Å². The van der Waals surface area contributed by atoms with Crippen molar-refractivity contribution in [1.29, 1.82) is 0 Å². The first-order valence-electron chi connectivity index (χ1n) is 9.58. The fourth-order valence-corrected chi connectivity index (χ4v) is 3.56. The summed E-state index contributed by atoms with van der Waals surface area (Å²) < 4.78 is 0. The first kappa shape index (κ1) is 21.0. The van der Waals surface area contributed by atoms with E-state index in [0.29, 0.717) is 0 Å². The van der Waals surface area contributed by atoms with Gasteiger partial charge in [-0.15, -0.1) is 24.0 Å². The maximum absolute atomic E-state index is 4.32. The molecule has 1 aromatic heterocycles. The summed E-state index contributed by atoms with van der Waals surface area (Å²) in [5.41, 5.74) is 2.62. The van der Waals surface area contributed by atoms with Crippen molar-refractivity contribution in [3.63, 3.8) is 0 Å². The Bertz CT molecular complexity index is 676. The van der Waals surface area contributed by atoms with Gasteiger partial charge in [0.25, 0.3) is 0 Å². The van der Waals surface area contributed by atoms with Gasteiger partial charge in [0.1, 0.15) is 0 Å². The lowest BCUT2D eigenvalue weighted by Gasteiger charge is -2.26. The molecule has 0 bridgehead atoms. The summed E-state index contributed by atoms with van der Waals surface area (Å²) in [5.74, 6) is 0.913. The molecule has 0 unspecified atom stereocenters. The number of fused-ring (bicyclic) bond motifs is 1. The Morgan fingerprint density at radius 2 is 1.88 bits per heavy atom. The number of hydrogen-bond acceptors (Lipinski definition) is 2. The molecule has 1 saturated heterocycles. The average molecular weight is 469 g/mol. The lowest BCUT2D eigenvalue weighted by Crippen LogP contribution is -2.42. The van der Waals surface area contributed by atoms with Gasteiger partial charge in [0, 0.05) is 43.8 Å². The van der Waals surface area contributed by atoms with E-state index in [1.807, 2.05) is 7.05 Å². The Balaban J connectivity index is 0.00000243. The number of aromatic amines is 1. The number of guanidine groups is 1. The van der Waals surface area contributed by atoms with Gasteiger partial charge in [-0.2, -0.15) is 0 Å². The van der Waals surface area contributed by atoms with Crippen molar-refractivity contribution >= 4 is 40.8 Å². The number of para-hydroxylation sites is 1. The van der Waals surface area contributed by atoms with E-state index < -0.39 is 0 Å². The number of piperidine rings is 1. The van der Waals surface area contributed by atoms with Crippen molar-refractivity contribution in [2.45, 2.75) is 32.1 Å². The molecule has 3 rings (SSSR count). The Hall–Kier alpha value is -1.28. The van der Waals surface area contributed by atoms with Gasteiger partial charge in [-0.05, 0) is 50.4 Å². The van der Waals surface area contributed by atoms with Crippen LogP contribution < -0.4 is 10.6 Å². The number of rotatable bonds is 7. The van der Waals surface area contributed by atoms with Crippen LogP contribution in [0, 0.1) is 0 Å². The number of nitrogens with one attached hydrogen (secondary N) is 3. The minimum atomic E-state index is 0. The SMILES string of the molecule is CN=C(NCCCc1c[nH]c2ccccc12)NCCN1CCCCC1.I. The summed E-state index contributed by atoms with van der Waals surface area (Å²) in [6.07, 6.45) is 8.39. The summed E-state index contributed by atoms with van der Waals surface area (Å²) in [6, 6.07) is 8.50. The van der Waals surface area contributed by atoms with E-state index in [2.05, 4.69) is 56.0 Å². The van der Waals surface area contributed by atoms with Gasteiger partial charge in [0.15, 0.2) is 5.96 Å². The van der Waals surface area contributed by atoms with E-state index in [1.165, 1.54) is 48.8 Å². The zero-order chi connectivity index (χ0) is 17.3. The summed E-state index contributed by atoms with van der Waals surface area (Å²) in [7, 11) is 1.84. The highest BCUT2D eigenvalue weighted by atomic mass is 127. The summed E-state index contributed by atoms with van der Waals surface area (Å²) >= 11 is 0. The van der Waals surface area contributed by atoms with Crippen molar-refractivity contribution in [3.8, 4) is 0 Å². The number of halogens is 1. The highest BCUT2D eigenvalue weighted by Crippen LogP contribution is 2.18. The molecule has 0 radical (unpaired) electrons. The van der Waals surface area contributed by atoms with Gasteiger partial charge < -0.3 is 20.5 Å². The van der Waals surface area contributed by atoms with Gasteiger partial charge in [0.05, 0.1) is 0 Å². The molecule has 5 nitrogen and oxygen atoms in total. The largest absolute Gasteiger partial charge is 0.361 e. The Morgan fingerprint density at radius 1 is 1.12 bits per heavy atom. The van der Waals surface area contributed by atoms with E-state index in [4.69, 9.17) is 0 Å². The minimum absolute atomic E-state index is 0. The van der Waals surface area contributed by atoms with Crippen LogP contribution in [0.1, 0.15) is 31.2 Å². The number of H-pyrrole nitrogens is 1. The van der Waals surface area contributed by atoms with Gasteiger partial charge in [0.2, 0.25) is 0 Å². The molecule has 1 aromatic carbocycles. The van der Waals surface area contributed by atoms with Crippen LogP contribution in [0.15, 0.2) is 35.5 Å². The molecule has 0 spiro atoms. The van der Waals surface area contributed by atoms with Crippen LogP contribution in [0.3, 0.4) is 0 Å². The summed E-state index contributed by atoms with van der Waals surface area (Å²) in [5, 5.41) is 8.20. The molecule has 1 fully saturated rings. The van der Waals surface area contributed by atoms with Crippen LogP contribution in [0.2, 0.25) is 0 Å². The second-order valence-electron chi connectivity index (χ2n) is 6.79. The smallest absolute Gasteiger partial charge is 0.191 e. The predicted octanol–water partition coefficient (Wildman–Crippen LogP) is 3.37. The highest BCUT2D eigenvalue weighted by Gasteiger charge is 2.09. The van der Waals surface area contributed by atoms with E-state index in [0.717, 1.165) is 38.4 Å². The zero-order valence-electron chi connectivity index (χ0n) is 15.8.